The molecule has 0 unspecified atom stereocenters. The number of nitrogens with one attached hydrogen (secondary N) is 1. The van der Waals surface area contributed by atoms with Crippen molar-refractivity contribution in [3.05, 3.63) is 58.1 Å². The molecule has 2 atom stereocenters. The van der Waals surface area contributed by atoms with Crippen LogP contribution in [-0.2, 0) is 17.4 Å². The number of amides is 1. The number of carbonyl (C=O) groups is 1. The Morgan fingerprint density at radius 3 is 2.50 bits per heavy atom. The van der Waals surface area contributed by atoms with E-state index in [1.165, 1.54) is 12.1 Å². The first-order valence-electron chi connectivity index (χ1n) is 9.41. The van der Waals surface area contributed by atoms with E-state index in [1.54, 1.807) is 19.1 Å². The predicted molar refractivity (Wildman–Crippen MR) is 105 cm³/mol. The van der Waals surface area contributed by atoms with Crippen LogP contribution in [0.3, 0.4) is 0 Å². The van der Waals surface area contributed by atoms with Crippen LogP contribution in [0.4, 0.5) is 13.2 Å². The number of rotatable bonds is 6. The average Bonchev–Trinajstić information content (AvgIpc) is 2.71. The minimum absolute atomic E-state index is 0.00735. The molecule has 0 saturated heterocycles. The summed E-state index contributed by atoms with van der Waals surface area (Å²) in [7, 11) is 0. The maximum atomic E-state index is 12.7. The van der Waals surface area contributed by atoms with E-state index in [2.05, 4.69) is 5.32 Å². The van der Waals surface area contributed by atoms with Gasteiger partial charge in [-0.25, -0.2) is 0 Å². The van der Waals surface area contributed by atoms with Crippen molar-refractivity contribution in [2.24, 2.45) is 0 Å². The Hall–Kier alpha value is -2.45. The molecule has 5 nitrogen and oxygen atoms in total. The lowest BCUT2D eigenvalue weighted by molar-refractivity contribution is -0.137. The first-order chi connectivity index (χ1) is 14.2. The molecule has 0 spiro atoms. The third kappa shape index (κ3) is 5.17. The standard InChI is InChI=1S/C21H21ClF3NO4/c1-2-16(19(28)13-3-5-14(6-4-13)21(23,24)25)26-18(27)11-12-9-15(22)20-17(10-12)29-7-8-30-20/h3-6,9-10,16,19,28H,2,7-8,11H2,1H3,(H,26,27)/t16-,19+/m0/s1. The summed E-state index contributed by atoms with van der Waals surface area (Å²) in [5.74, 6) is 0.546. The summed E-state index contributed by atoms with van der Waals surface area (Å²) in [6, 6.07) is 6.86. The van der Waals surface area contributed by atoms with Gasteiger partial charge < -0.3 is 19.9 Å². The van der Waals surface area contributed by atoms with Crippen LogP contribution in [-0.4, -0.2) is 30.3 Å². The number of hydrogen-bond acceptors (Lipinski definition) is 4. The molecular weight excluding hydrogens is 423 g/mol. The molecule has 1 aliphatic rings. The molecule has 9 heteroatoms. The lowest BCUT2D eigenvalue weighted by Gasteiger charge is -2.24. The van der Waals surface area contributed by atoms with Gasteiger partial charge in [-0.15, -0.1) is 0 Å². The smallest absolute Gasteiger partial charge is 0.416 e. The van der Waals surface area contributed by atoms with Gasteiger partial charge in [-0.3, -0.25) is 4.79 Å². The first kappa shape index (κ1) is 22.2. The molecule has 0 bridgehead atoms. The van der Waals surface area contributed by atoms with Crippen molar-refractivity contribution in [2.75, 3.05) is 13.2 Å². The van der Waals surface area contributed by atoms with Crippen LogP contribution in [0.25, 0.3) is 0 Å². The molecule has 2 aromatic carbocycles. The number of aliphatic hydroxyl groups excluding tert-OH is 1. The topological polar surface area (TPSA) is 67.8 Å². The minimum Gasteiger partial charge on any atom is -0.486 e. The summed E-state index contributed by atoms with van der Waals surface area (Å²) in [6.07, 6.45) is -5.22. The van der Waals surface area contributed by atoms with Gasteiger partial charge in [0.15, 0.2) is 11.5 Å². The Kier molecular flexibility index (Phi) is 6.77. The summed E-state index contributed by atoms with van der Waals surface area (Å²) < 4.78 is 49.1. The summed E-state index contributed by atoms with van der Waals surface area (Å²) in [4.78, 5) is 12.5. The molecule has 2 aromatic rings. The maximum absolute atomic E-state index is 12.7. The quantitative estimate of drug-likeness (QED) is 0.698. The molecule has 3 rings (SSSR count). The monoisotopic (exact) mass is 443 g/mol. The molecule has 1 aliphatic heterocycles. The van der Waals surface area contributed by atoms with Gasteiger partial charge in [0.2, 0.25) is 5.91 Å². The number of ether oxygens (including phenoxy) is 2. The van der Waals surface area contributed by atoms with E-state index >= 15 is 0 Å². The van der Waals surface area contributed by atoms with Crippen LogP contribution in [0.15, 0.2) is 36.4 Å². The molecule has 2 N–H and O–H groups in total. The van der Waals surface area contributed by atoms with Crippen LogP contribution >= 0.6 is 11.6 Å². The first-order valence-corrected chi connectivity index (χ1v) is 9.79. The molecule has 0 radical (unpaired) electrons. The number of alkyl halides is 3. The van der Waals surface area contributed by atoms with E-state index in [-0.39, 0.29) is 17.9 Å². The molecular formula is C21H21ClF3NO4. The number of fused-ring (bicyclic) bond motifs is 1. The van der Waals surface area contributed by atoms with Gasteiger partial charge in [-0.2, -0.15) is 13.2 Å². The third-order valence-electron chi connectivity index (χ3n) is 4.77. The number of hydrogen-bond donors (Lipinski definition) is 2. The van der Waals surface area contributed by atoms with Crippen molar-refractivity contribution in [2.45, 2.75) is 38.1 Å². The predicted octanol–water partition coefficient (Wildman–Crippen LogP) is 4.30. The second-order valence-corrected chi connectivity index (χ2v) is 7.33. The maximum Gasteiger partial charge on any atom is 0.416 e. The van der Waals surface area contributed by atoms with Crippen molar-refractivity contribution in [3.63, 3.8) is 0 Å². The van der Waals surface area contributed by atoms with Gasteiger partial charge >= 0.3 is 6.18 Å². The molecule has 0 saturated carbocycles. The zero-order chi connectivity index (χ0) is 21.9. The fraction of sp³-hybridized carbons (Fsp3) is 0.381. The summed E-state index contributed by atoms with van der Waals surface area (Å²) in [5, 5.41) is 13.6. The highest BCUT2D eigenvalue weighted by atomic mass is 35.5. The number of benzene rings is 2. The van der Waals surface area contributed by atoms with Gasteiger partial charge in [0.25, 0.3) is 0 Å². The van der Waals surface area contributed by atoms with Crippen molar-refractivity contribution >= 4 is 17.5 Å². The molecule has 30 heavy (non-hydrogen) atoms. The fourth-order valence-electron chi connectivity index (χ4n) is 3.22. The molecule has 1 heterocycles. The van der Waals surface area contributed by atoms with E-state index in [1.807, 2.05) is 0 Å². The highest BCUT2D eigenvalue weighted by Crippen LogP contribution is 2.38. The number of halogens is 4. The Balaban J connectivity index is 1.66. The second kappa shape index (κ2) is 9.14. The molecule has 0 aliphatic carbocycles. The van der Waals surface area contributed by atoms with E-state index in [9.17, 15) is 23.1 Å². The molecule has 1 amide bonds. The van der Waals surface area contributed by atoms with Gasteiger partial charge in [0, 0.05) is 0 Å². The molecule has 0 aromatic heterocycles. The second-order valence-electron chi connectivity index (χ2n) is 6.93. The summed E-state index contributed by atoms with van der Waals surface area (Å²) in [6.45, 7) is 2.54. The van der Waals surface area contributed by atoms with E-state index in [0.717, 1.165) is 12.1 Å². The van der Waals surface area contributed by atoms with Crippen LogP contribution in [0.5, 0.6) is 11.5 Å². The van der Waals surface area contributed by atoms with Crippen LogP contribution in [0.2, 0.25) is 5.02 Å². The highest BCUT2D eigenvalue weighted by Gasteiger charge is 2.31. The van der Waals surface area contributed by atoms with Gasteiger partial charge in [-0.1, -0.05) is 30.7 Å². The number of aliphatic hydroxyl groups is 1. The Morgan fingerprint density at radius 1 is 1.20 bits per heavy atom. The highest BCUT2D eigenvalue weighted by molar-refractivity contribution is 6.32. The van der Waals surface area contributed by atoms with E-state index in [0.29, 0.717) is 41.7 Å². The van der Waals surface area contributed by atoms with Crippen molar-refractivity contribution in [1.29, 1.82) is 0 Å². The Labute approximate surface area is 176 Å². The van der Waals surface area contributed by atoms with E-state index < -0.39 is 23.9 Å². The van der Waals surface area contributed by atoms with Crippen LogP contribution in [0, 0.1) is 0 Å². The largest absolute Gasteiger partial charge is 0.486 e. The SMILES string of the molecule is CC[C@H](NC(=O)Cc1cc(Cl)c2c(c1)OCCO2)[C@H](O)c1ccc(C(F)(F)F)cc1. The van der Waals surface area contributed by atoms with Gasteiger partial charge in [-0.05, 0) is 41.8 Å². The van der Waals surface area contributed by atoms with Gasteiger partial charge in [0.1, 0.15) is 13.2 Å². The molecule has 0 fully saturated rings. The van der Waals surface area contributed by atoms with Gasteiger partial charge in [0.05, 0.1) is 29.2 Å². The summed E-state index contributed by atoms with van der Waals surface area (Å²) >= 11 is 6.18. The van der Waals surface area contributed by atoms with Crippen molar-refractivity contribution in [1.82, 2.24) is 5.32 Å². The third-order valence-corrected chi connectivity index (χ3v) is 5.05. The van der Waals surface area contributed by atoms with E-state index in [4.69, 9.17) is 21.1 Å². The van der Waals surface area contributed by atoms with Crippen LogP contribution in [0.1, 0.15) is 36.1 Å². The van der Waals surface area contributed by atoms with Crippen molar-refractivity contribution < 1.29 is 32.5 Å². The fourth-order valence-corrected chi connectivity index (χ4v) is 3.50. The average molecular weight is 444 g/mol. The Morgan fingerprint density at radius 2 is 1.87 bits per heavy atom. The van der Waals surface area contributed by atoms with Crippen molar-refractivity contribution in [3.8, 4) is 11.5 Å². The molecule has 162 valence electrons. The van der Waals surface area contributed by atoms with Crippen LogP contribution < -0.4 is 14.8 Å². The zero-order valence-electron chi connectivity index (χ0n) is 16.1. The number of carbonyl (C=O) groups excluding carboxylic acids is 1. The minimum atomic E-state index is -4.45. The zero-order valence-corrected chi connectivity index (χ0v) is 16.9. The summed E-state index contributed by atoms with van der Waals surface area (Å²) in [5.41, 5.74) is 0.101. The Bertz CT molecular complexity index is 902. The normalized spacial score (nSPS) is 15.4. The lowest BCUT2D eigenvalue weighted by Crippen LogP contribution is -2.39. The lowest BCUT2D eigenvalue weighted by atomic mass is 9.98.